The molecular weight excluding hydrogens is 452 g/mol. The molecule has 4 amide bonds. The van der Waals surface area contributed by atoms with E-state index >= 15 is 0 Å². The lowest BCUT2D eigenvalue weighted by Gasteiger charge is -2.30. The number of carbonyl (C=O) groups excluding carboxylic acids is 3. The van der Waals surface area contributed by atoms with Crippen molar-refractivity contribution in [3.63, 3.8) is 0 Å². The zero-order valence-corrected chi connectivity index (χ0v) is 19.5. The quantitative estimate of drug-likeness (QED) is 0.347. The van der Waals surface area contributed by atoms with Crippen molar-refractivity contribution in [1.29, 1.82) is 0 Å². The van der Waals surface area contributed by atoms with Crippen LogP contribution in [0.1, 0.15) is 11.1 Å². The van der Waals surface area contributed by atoms with Gasteiger partial charge in [0, 0.05) is 14.1 Å². The van der Waals surface area contributed by atoms with Crippen molar-refractivity contribution < 1.29 is 28.4 Å². The van der Waals surface area contributed by atoms with E-state index in [1.165, 1.54) is 36.1 Å². The monoisotopic (exact) mass is 477 g/mol. The molecule has 11 nitrogen and oxygen atoms in total. The third kappa shape index (κ3) is 5.03. The minimum atomic E-state index is -0.830. The molecule has 35 heavy (non-hydrogen) atoms. The third-order valence-electron chi connectivity index (χ3n) is 5.55. The summed E-state index contributed by atoms with van der Waals surface area (Å²) in [6, 6.07) is 13.7. The molecule has 0 saturated carbocycles. The molecule has 2 aliphatic rings. The Bertz CT molecular complexity index is 1240. The SMILES string of the molecule is COc1ccc(/C=N/NC(=O)C[N+]2=CN=C3C2C(=O)N(C)C(=O)N3C)cc1OCc1ccccc1. The fraction of sp³-hybridized carbons (Fsp3) is 0.250. The minimum absolute atomic E-state index is 0.162. The number of fused-ring (bicyclic) bond motifs is 1. The van der Waals surface area contributed by atoms with Gasteiger partial charge in [0.25, 0.3) is 30.0 Å². The Kier molecular flexibility index (Phi) is 6.86. The van der Waals surface area contributed by atoms with E-state index in [1.807, 2.05) is 30.3 Å². The van der Waals surface area contributed by atoms with E-state index in [2.05, 4.69) is 15.5 Å². The van der Waals surface area contributed by atoms with Crippen molar-refractivity contribution >= 4 is 36.2 Å². The van der Waals surface area contributed by atoms with Crippen LogP contribution in [0.2, 0.25) is 0 Å². The normalized spacial score (nSPS) is 17.3. The summed E-state index contributed by atoms with van der Waals surface area (Å²) >= 11 is 0. The summed E-state index contributed by atoms with van der Waals surface area (Å²) in [5, 5.41) is 4.00. The number of carbonyl (C=O) groups is 3. The van der Waals surface area contributed by atoms with Crippen LogP contribution in [0.25, 0.3) is 0 Å². The summed E-state index contributed by atoms with van der Waals surface area (Å²) in [7, 11) is 4.49. The summed E-state index contributed by atoms with van der Waals surface area (Å²) in [4.78, 5) is 43.5. The van der Waals surface area contributed by atoms with Crippen LogP contribution < -0.4 is 14.9 Å². The van der Waals surface area contributed by atoms with Gasteiger partial charge in [0.05, 0.1) is 13.3 Å². The van der Waals surface area contributed by atoms with Gasteiger partial charge in [-0.25, -0.2) is 14.8 Å². The number of nitrogens with one attached hydrogen (secondary N) is 1. The molecule has 1 fully saturated rings. The number of urea groups is 1. The molecule has 2 aromatic rings. The fourth-order valence-electron chi connectivity index (χ4n) is 3.68. The molecule has 0 aliphatic carbocycles. The van der Waals surface area contributed by atoms with Crippen LogP contribution >= 0.6 is 0 Å². The molecule has 1 saturated heterocycles. The number of ether oxygens (including phenoxy) is 2. The zero-order valence-electron chi connectivity index (χ0n) is 19.5. The van der Waals surface area contributed by atoms with Crippen molar-refractivity contribution in [1.82, 2.24) is 15.2 Å². The first kappa shape index (κ1) is 23.6. The lowest BCUT2D eigenvalue weighted by molar-refractivity contribution is -0.519. The number of rotatable bonds is 8. The second-order valence-corrected chi connectivity index (χ2v) is 7.89. The predicted molar refractivity (Wildman–Crippen MR) is 128 cm³/mol. The number of hydrogen-bond donors (Lipinski definition) is 1. The van der Waals surface area contributed by atoms with Crippen LogP contribution in [-0.2, 0) is 16.2 Å². The first-order chi connectivity index (χ1) is 16.9. The first-order valence-corrected chi connectivity index (χ1v) is 10.8. The Morgan fingerprint density at radius 3 is 2.66 bits per heavy atom. The molecule has 1 atom stereocenters. The number of hydrogen-bond acceptors (Lipinski definition) is 7. The van der Waals surface area contributed by atoms with E-state index < -0.39 is 23.9 Å². The Morgan fingerprint density at radius 2 is 1.91 bits per heavy atom. The van der Waals surface area contributed by atoms with Crippen molar-refractivity contribution in [3.8, 4) is 11.5 Å². The van der Waals surface area contributed by atoms with Gasteiger partial charge < -0.3 is 9.47 Å². The first-order valence-electron chi connectivity index (χ1n) is 10.8. The molecule has 1 N–H and O–H groups in total. The van der Waals surface area contributed by atoms with Crippen molar-refractivity contribution in [2.45, 2.75) is 12.6 Å². The average molecular weight is 478 g/mol. The Hall–Kier alpha value is -4.54. The average Bonchev–Trinajstić information content (AvgIpc) is 3.29. The van der Waals surface area contributed by atoms with E-state index in [4.69, 9.17) is 9.47 Å². The number of aliphatic imine (C=N–C) groups is 1. The van der Waals surface area contributed by atoms with Gasteiger partial charge >= 0.3 is 6.03 Å². The van der Waals surface area contributed by atoms with E-state index in [1.54, 1.807) is 25.3 Å². The van der Waals surface area contributed by atoms with Gasteiger partial charge in [-0.05, 0) is 34.3 Å². The van der Waals surface area contributed by atoms with Gasteiger partial charge in [0.2, 0.25) is 0 Å². The van der Waals surface area contributed by atoms with Crippen LogP contribution in [0.15, 0.2) is 58.6 Å². The molecular formula is C24H25N6O5+. The van der Waals surface area contributed by atoms with Gasteiger partial charge in [0.15, 0.2) is 18.0 Å². The molecule has 180 valence electrons. The van der Waals surface area contributed by atoms with Crippen LogP contribution in [0.5, 0.6) is 11.5 Å². The number of amides is 4. The number of amidine groups is 1. The molecule has 0 spiro atoms. The Labute approximate surface area is 202 Å². The molecule has 0 aromatic heterocycles. The van der Waals surface area contributed by atoms with Crippen molar-refractivity contribution in [2.24, 2.45) is 10.1 Å². The van der Waals surface area contributed by atoms with Crippen LogP contribution in [0.4, 0.5) is 4.79 Å². The fourth-order valence-corrected chi connectivity index (χ4v) is 3.68. The van der Waals surface area contributed by atoms with Gasteiger partial charge in [-0.15, -0.1) is 0 Å². The smallest absolute Gasteiger partial charge is 0.333 e. The highest BCUT2D eigenvalue weighted by Gasteiger charge is 2.50. The lowest BCUT2D eigenvalue weighted by Crippen LogP contribution is -2.61. The number of benzene rings is 2. The highest BCUT2D eigenvalue weighted by Crippen LogP contribution is 2.28. The summed E-state index contributed by atoms with van der Waals surface area (Å²) in [5.74, 6) is 0.515. The summed E-state index contributed by atoms with van der Waals surface area (Å²) in [6.07, 6.45) is 2.86. The second-order valence-electron chi connectivity index (χ2n) is 7.89. The Balaban J connectivity index is 1.36. The standard InChI is InChI=1S/C24H24N6O5/c1-28-22-21(23(32)29(2)24(28)33)30(15-25-22)13-20(31)27-26-12-17-9-10-18(34-3)19(11-17)35-14-16-7-5-4-6-8-16/h4-12,15,21H,13-14H2,1-3H3/p+1/b26-12+. The predicted octanol–water partition coefficient (Wildman–Crippen LogP) is 1.07. The van der Waals surface area contributed by atoms with Crippen molar-refractivity contribution in [3.05, 3.63) is 59.7 Å². The molecule has 2 aliphatic heterocycles. The third-order valence-corrected chi connectivity index (χ3v) is 5.55. The van der Waals surface area contributed by atoms with Crippen LogP contribution in [0, 0.1) is 0 Å². The molecule has 4 rings (SSSR count). The highest BCUT2D eigenvalue weighted by atomic mass is 16.5. The van der Waals surface area contributed by atoms with E-state index in [0.717, 1.165) is 10.5 Å². The molecule has 0 radical (unpaired) electrons. The molecule has 2 heterocycles. The maximum Gasteiger partial charge on any atom is 0.333 e. The van der Waals surface area contributed by atoms with Gasteiger partial charge in [-0.1, -0.05) is 30.3 Å². The van der Waals surface area contributed by atoms with E-state index in [0.29, 0.717) is 23.7 Å². The molecule has 1 unspecified atom stereocenters. The minimum Gasteiger partial charge on any atom is -0.493 e. The maximum absolute atomic E-state index is 12.5. The van der Waals surface area contributed by atoms with Gasteiger partial charge in [-0.2, -0.15) is 5.10 Å². The number of likely N-dealkylation sites (N-methyl/N-ethyl adjacent to an activating group) is 2. The summed E-state index contributed by atoms with van der Waals surface area (Å²) in [6.45, 7) is 0.214. The molecule has 0 bridgehead atoms. The Morgan fingerprint density at radius 1 is 1.14 bits per heavy atom. The largest absolute Gasteiger partial charge is 0.493 e. The highest BCUT2D eigenvalue weighted by molar-refractivity contribution is 6.21. The second kappa shape index (κ2) is 10.2. The molecule has 2 aromatic carbocycles. The van der Waals surface area contributed by atoms with Crippen LogP contribution in [-0.4, -0.2) is 84.4 Å². The maximum atomic E-state index is 12.5. The number of hydrazone groups is 1. The summed E-state index contributed by atoms with van der Waals surface area (Å²) < 4.78 is 12.7. The van der Waals surface area contributed by atoms with E-state index in [-0.39, 0.29) is 12.4 Å². The summed E-state index contributed by atoms with van der Waals surface area (Å²) in [5.41, 5.74) is 4.16. The van der Waals surface area contributed by atoms with Crippen LogP contribution in [0.3, 0.4) is 0 Å². The topological polar surface area (TPSA) is 116 Å². The number of imide groups is 1. The molecule has 11 heteroatoms. The number of methoxy groups -OCH3 is 1. The van der Waals surface area contributed by atoms with Crippen molar-refractivity contribution in [2.75, 3.05) is 27.7 Å². The zero-order chi connectivity index (χ0) is 24.9. The lowest BCUT2D eigenvalue weighted by atomic mass is 10.1. The van der Waals surface area contributed by atoms with Gasteiger partial charge in [0.1, 0.15) is 6.61 Å². The van der Waals surface area contributed by atoms with Gasteiger partial charge in [-0.3, -0.25) is 19.4 Å². The van der Waals surface area contributed by atoms with E-state index in [9.17, 15) is 14.4 Å². The number of nitrogens with zero attached hydrogens (tertiary/aromatic N) is 5.